The summed E-state index contributed by atoms with van der Waals surface area (Å²) < 4.78 is 0. The molecule has 0 heterocycles. The zero-order valence-corrected chi connectivity index (χ0v) is 14.5. The van der Waals surface area contributed by atoms with Gasteiger partial charge in [0.15, 0.2) is 5.78 Å². The van der Waals surface area contributed by atoms with Gasteiger partial charge in [-0.3, -0.25) is 9.59 Å². The van der Waals surface area contributed by atoms with Crippen LogP contribution in [0.2, 0.25) is 0 Å². The van der Waals surface area contributed by atoms with Crippen LogP contribution in [0, 0.1) is 28.1 Å². The van der Waals surface area contributed by atoms with E-state index in [1.165, 1.54) is 0 Å². The largest absolute Gasteiger partial charge is 0.481 e. The van der Waals surface area contributed by atoms with Gasteiger partial charge >= 0.3 is 5.97 Å². The fourth-order valence-corrected chi connectivity index (χ4v) is 5.61. The second kappa shape index (κ2) is 5.06. The summed E-state index contributed by atoms with van der Waals surface area (Å²) in [5.74, 6) is -0.412. The van der Waals surface area contributed by atoms with Crippen LogP contribution in [0.1, 0.15) is 59.3 Å². The van der Waals surface area contributed by atoms with Crippen molar-refractivity contribution in [1.82, 2.24) is 0 Å². The van der Waals surface area contributed by atoms with Crippen LogP contribution in [-0.2, 0) is 9.59 Å². The SMILES string of the molecule is C=C[C@@]1(C)C=C2C(=O)C[C@@H]3[C@](C)(CCC[C@@]3(C)C(=O)O)[C@H]2CC1. The Balaban J connectivity index is 2.07. The molecule has 3 rings (SSSR count). The van der Waals surface area contributed by atoms with Crippen LogP contribution in [0.3, 0.4) is 0 Å². The van der Waals surface area contributed by atoms with Crippen LogP contribution < -0.4 is 0 Å². The Hall–Kier alpha value is -1.38. The minimum atomic E-state index is -0.770. The Labute approximate surface area is 138 Å². The highest BCUT2D eigenvalue weighted by atomic mass is 16.4. The lowest BCUT2D eigenvalue weighted by atomic mass is 9.45. The number of fused-ring (bicyclic) bond motifs is 3. The summed E-state index contributed by atoms with van der Waals surface area (Å²) in [6, 6.07) is 0. The van der Waals surface area contributed by atoms with Crippen LogP contribution in [0.15, 0.2) is 24.3 Å². The Morgan fingerprint density at radius 2 is 2.00 bits per heavy atom. The molecule has 2 saturated carbocycles. The number of aliphatic carboxylic acids is 1. The smallest absolute Gasteiger partial charge is 0.309 e. The van der Waals surface area contributed by atoms with E-state index < -0.39 is 11.4 Å². The predicted molar refractivity (Wildman–Crippen MR) is 89.9 cm³/mol. The van der Waals surface area contributed by atoms with Crippen LogP contribution in [0.4, 0.5) is 0 Å². The van der Waals surface area contributed by atoms with Crippen molar-refractivity contribution in [1.29, 1.82) is 0 Å². The first-order chi connectivity index (χ1) is 10.7. The summed E-state index contributed by atoms with van der Waals surface area (Å²) in [7, 11) is 0. The van der Waals surface area contributed by atoms with Gasteiger partial charge in [-0.2, -0.15) is 0 Å². The molecule has 0 amide bonds. The third-order valence-electron chi connectivity index (χ3n) is 7.27. The molecule has 2 fully saturated rings. The van der Waals surface area contributed by atoms with Crippen molar-refractivity contribution in [2.75, 3.05) is 0 Å². The number of hydrogen-bond acceptors (Lipinski definition) is 2. The van der Waals surface area contributed by atoms with E-state index in [9.17, 15) is 14.7 Å². The molecule has 0 aromatic heterocycles. The van der Waals surface area contributed by atoms with Crippen molar-refractivity contribution in [2.24, 2.45) is 28.1 Å². The van der Waals surface area contributed by atoms with E-state index in [1.54, 1.807) is 0 Å². The number of carbonyl (C=O) groups excluding carboxylic acids is 1. The minimum Gasteiger partial charge on any atom is -0.481 e. The molecule has 0 aromatic carbocycles. The summed E-state index contributed by atoms with van der Waals surface area (Å²) >= 11 is 0. The van der Waals surface area contributed by atoms with Gasteiger partial charge in [0, 0.05) is 11.8 Å². The van der Waals surface area contributed by atoms with E-state index in [0.29, 0.717) is 12.8 Å². The molecule has 0 aliphatic heterocycles. The van der Waals surface area contributed by atoms with Crippen molar-refractivity contribution < 1.29 is 14.7 Å². The van der Waals surface area contributed by atoms with Crippen molar-refractivity contribution in [2.45, 2.75) is 59.3 Å². The first kappa shape index (κ1) is 16.5. The molecule has 0 spiro atoms. The standard InChI is InChI=1S/C20H28O3/c1-5-18(2)10-7-14-13(12-18)15(21)11-16-19(14,3)8-6-9-20(16,4)17(22)23/h5,12,14,16H,1,6-11H2,2-4H3,(H,22,23)/t14-,16+,18+,19+,20+/m0/s1. The van der Waals surface area contributed by atoms with Crippen LogP contribution >= 0.6 is 0 Å². The second-order valence-corrected chi connectivity index (χ2v) is 8.66. The number of ketones is 1. The highest BCUT2D eigenvalue weighted by molar-refractivity contribution is 5.98. The molecule has 0 radical (unpaired) electrons. The lowest BCUT2D eigenvalue weighted by Crippen LogP contribution is -2.56. The third kappa shape index (κ3) is 2.23. The maximum absolute atomic E-state index is 12.8. The highest BCUT2D eigenvalue weighted by Crippen LogP contribution is 2.63. The molecule has 5 atom stereocenters. The molecule has 0 unspecified atom stereocenters. The summed E-state index contributed by atoms with van der Waals surface area (Å²) in [5, 5.41) is 9.82. The summed E-state index contributed by atoms with van der Waals surface area (Å²) in [6.07, 6.45) is 9.06. The first-order valence-corrected chi connectivity index (χ1v) is 8.79. The molecule has 126 valence electrons. The number of carboxylic acid groups (broad SMARTS) is 1. The quantitative estimate of drug-likeness (QED) is 0.769. The maximum Gasteiger partial charge on any atom is 0.309 e. The summed E-state index contributed by atoms with van der Waals surface area (Å²) in [5.41, 5.74) is 0.00301. The summed E-state index contributed by atoms with van der Waals surface area (Å²) in [4.78, 5) is 24.8. The average Bonchev–Trinajstić information content (AvgIpc) is 2.50. The Kier molecular flexibility index (Phi) is 3.62. The molecular weight excluding hydrogens is 288 g/mol. The van der Waals surface area contributed by atoms with E-state index in [2.05, 4.69) is 26.5 Å². The fourth-order valence-electron chi connectivity index (χ4n) is 5.61. The monoisotopic (exact) mass is 316 g/mol. The molecule has 23 heavy (non-hydrogen) atoms. The van der Waals surface area contributed by atoms with E-state index in [0.717, 1.165) is 31.3 Å². The fraction of sp³-hybridized carbons (Fsp3) is 0.700. The molecule has 3 heteroatoms. The molecule has 3 aliphatic rings. The number of Topliss-reactive ketones (excluding diaryl/α,β-unsaturated/α-hetero) is 1. The van der Waals surface area contributed by atoms with E-state index in [-0.39, 0.29) is 28.4 Å². The number of carboxylic acids is 1. The number of allylic oxidation sites excluding steroid dienone is 3. The van der Waals surface area contributed by atoms with Gasteiger partial charge in [0.2, 0.25) is 0 Å². The van der Waals surface area contributed by atoms with Crippen molar-refractivity contribution in [3.05, 3.63) is 24.3 Å². The molecule has 3 nitrogen and oxygen atoms in total. The van der Waals surface area contributed by atoms with E-state index in [4.69, 9.17) is 0 Å². The van der Waals surface area contributed by atoms with Gasteiger partial charge in [0.1, 0.15) is 0 Å². The lowest BCUT2D eigenvalue weighted by Gasteiger charge is -2.58. The lowest BCUT2D eigenvalue weighted by molar-refractivity contribution is -0.165. The second-order valence-electron chi connectivity index (χ2n) is 8.66. The topological polar surface area (TPSA) is 54.4 Å². The van der Waals surface area contributed by atoms with Gasteiger partial charge in [-0.15, -0.1) is 6.58 Å². The van der Waals surface area contributed by atoms with Gasteiger partial charge in [-0.25, -0.2) is 0 Å². The third-order valence-corrected chi connectivity index (χ3v) is 7.27. The normalized spacial score (nSPS) is 46.4. The molecule has 3 aliphatic carbocycles. The van der Waals surface area contributed by atoms with Crippen LogP contribution in [0.25, 0.3) is 0 Å². The van der Waals surface area contributed by atoms with Gasteiger partial charge in [0.05, 0.1) is 5.41 Å². The summed E-state index contributed by atoms with van der Waals surface area (Å²) in [6.45, 7) is 10.2. The van der Waals surface area contributed by atoms with Gasteiger partial charge in [-0.05, 0) is 55.4 Å². The van der Waals surface area contributed by atoms with Crippen molar-refractivity contribution >= 4 is 11.8 Å². The number of rotatable bonds is 2. The van der Waals surface area contributed by atoms with E-state index in [1.807, 2.05) is 13.0 Å². The first-order valence-electron chi connectivity index (χ1n) is 8.79. The average molecular weight is 316 g/mol. The zero-order valence-electron chi connectivity index (χ0n) is 14.5. The van der Waals surface area contributed by atoms with Crippen LogP contribution in [-0.4, -0.2) is 16.9 Å². The molecule has 0 saturated heterocycles. The van der Waals surface area contributed by atoms with Gasteiger partial charge in [0.25, 0.3) is 0 Å². The number of hydrogen-bond donors (Lipinski definition) is 1. The van der Waals surface area contributed by atoms with E-state index >= 15 is 0 Å². The van der Waals surface area contributed by atoms with Gasteiger partial charge in [-0.1, -0.05) is 32.4 Å². The zero-order chi connectivity index (χ0) is 17.0. The Morgan fingerprint density at radius 1 is 1.30 bits per heavy atom. The molecular formula is C20H28O3. The molecule has 1 N–H and O–H groups in total. The Morgan fingerprint density at radius 3 is 2.61 bits per heavy atom. The number of carbonyl (C=O) groups is 2. The highest BCUT2D eigenvalue weighted by Gasteiger charge is 2.60. The minimum absolute atomic E-state index is 0.0519. The van der Waals surface area contributed by atoms with Crippen molar-refractivity contribution in [3.63, 3.8) is 0 Å². The molecule has 0 bridgehead atoms. The van der Waals surface area contributed by atoms with Crippen molar-refractivity contribution in [3.8, 4) is 0 Å². The van der Waals surface area contributed by atoms with Crippen LogP contribution in [0.5, 0.6) is 0 Å². The molecule has 0 aromatic rings. The van der Waals surface area contributed by atoms with Gasteiger partial charge < -0.3 is 5.11 Å². The maximum atomic E-state index is 12.8. The predicted octanol–water partition coefficient (Wildman–Crippen LogP) is 4.39. The Bertz CT molecular complexity index is 604.